The Morgan fingerprint density at radius 2 is 1.29 bits per heavy atom. The minimum atomic E-state index is 0.280. The highest BCUT2D eigenvalue weighted by Crippen LogP contribution is 2.37. The van der Waals surface area contributed by atoms with Crippen LogP contribution in [0.15, 0.2) is 30.3 Å². The average molecular weight is 278 g/mol. The van der Waals surface area contributed by atoms with Crippen molar-refractivity contribution in [2.75, 3.05) is 23.7 Å². The van der Waals surface area contributed by atoms with E-state index in [0.717, 1.165) is 0 Å². The number of aryl methyl sites for hydroxylation is 4. The summed E-state index contributed by atoms with van der Waals surface area (Å²) in [6, 6.07) is 11.3. The van der Waals surface area contributed by atoms with E-state index in [1.54, 1.807) is 0 Å². The highest BCUT2D eigenvalue weighted by molar-refractivity contribution is 6.82. The van der Waals surface area contributed by atoms with Crippen molar-refractivity contribution in [2.24, 2.45) is 0 Å². The predicted octanol–water partition coefficient (Wildman–Crippen LogP) is 3.20. The van der Waals surface area contributed by atoms with Crippen molar-refractivity contribution < 1.29 is 0 Å². The first kappa shape index (κ1) is 14.1. The quantitative estimate of drug-likeness (QED) is 0.739. The molecule has 2 aromatic rings. The van der Waals surface area contributed by atoms with E-state index in [0.29, 0.717) is 0 Å². The number of benzene rings is 2. The van der Waals surface area contributed by atoms with E-state index < -0.39 is 0 Å². The van der Waals surface area contributed by atoms with Crippen molar-refractivity contribution in [1.29, 1.82) is 0 Å². The van der Waals surface area contributed by atoms with Crippen LogP contribution in [-0.4, -0.2) is 21.1 Å². The van der Waals surface area contributed by atoms with Crippen molar-refractivity contribution in [3.8, 4) is 0 Å². The Bertz CT molecular complexity index is 685. The van der Waals surface area contributed by atoms with Gasteiger partial charge in [-0.1, -0.05) is 34.9 Å². The Hall–Kier alpha value is -1.90. The number of hydrogen-bond donors (Lipinski definition) is 0. The van der Waals surface area contributed by atoms with Crippen LogP contribution < -0.4 is 15.1 Å². The van der Waals surface area contributed by atoms with Gasteiger partial charge in [-0.25, -0.2) is 0 Å². The summed E-state index contributed by atoms with van der Waals surface area (Å²) < 4.78 is 0. The van der Waals surface area contributed by atoms with Crippen LogP contribution >= 0.6 is 0 Å². The second-order valence-corrected chi connectivity index (χ2v) is 6.40. The van der Waals surface area contributed by atoms with E-state index in [9.17, 15) is 0 Å². The molecule has 0 aliphatic carbocycles. The second kappa shape index (κ2) is 4.83. The molecule has 0 fully saturated rings. The second-order valence-electron chi connectivity index (χ2n) is 6.40. The normalized spacial score (nSPS) is 13.9. The van der Waals surface area contributed by atoms with Crippen molar-refractivity contribution in [3.05, 3.63) is 52.6 Å². The fourth-order valence-corrected chi connectivity index (χ4v) is 3.72. The van der Waals surface area contributed by atoms with Gasteiger partial charge in [-0.2, -0.15) is 0 Å². The molecule has 0 spiro atoms. The molecule has 0 amide bonds. The molecule has 1 heterocycles. The van der Waals surface area contributed by atoms with E-state index in [1.807, 2.05) is 0 Å². The predicted molar refractivity (Wildman–Crippen MR) is 94.0 cm³/mol. The molecule has 0 aromatic heterocycles. The Balaban J connectivity index is 2.14. The molecule has 1 aliphatic heterocycles. The van der Waals surface area contributed by atoms with Crippen LogP contribution in [0.4, 0.5) is 11.4 Å². The van der Waals surface area contributed by atoms with Gasteiger partial charge in [0, 0.05) is 11.4 Å². The Morgan fingerprint density at radius 1 is 0.714 bits per heavy atom. The highest BCUT2D eigenvalue weighted by atomic mass is 15.3. The Kier molecular flexibility index (Phi) is 3.24. The zero-order valence-electron chi connectivity index (χ0n) is 13.9. The lowest BCUT2D eigenvalue weighted by Crippen LogP contribution is -2.55. The van der Waals surface area contributed by atoms with Gasteiger partial charge in [0.2, 0.25) is 0 Å². The standard InChI is InChI=1S/C18H23BN2/c1-12-7-8-16-17(11-12)21(6)19(20(16)5)18-14(3)9-13(2)10-15(18)4/h7-11H,1-6H3. The van der Waals surface area contributed by atoms with Gasteiger partial charge < -0.3 is 9.62 Å². The number of hydrogen-bond acceptors (Lipinski definition) is 2. The summed E-state index contributed by atoms with van der Waals surface area (Å²) in [6.45, 7) is 9.06. The zero-order valence-corrected chi connectivity index (χ0v) is 13.9. The Morgan fingerprint density at radius 3 is 1.90 bits per heavy atom. The molecule has 3 rings (SSSR count). The molecule has 3 heteroatoms. The maximum atomic E-state index is 2.40. The van der Waals surface area contributed by atoms with Gasteiger partial charge in [-0.15, -0.1) is 0 Å². The van der Waals surface area contributed by atoms with Crippen LogP contribution in [0.1, 0.15) is 22.3 Å². The van der Waals surface area contributed by atoms with Gasteiger partial charge in [0.05, 0.1) is 0 Å². The molecule has 0 unspecified atom stereocenters. The minimum absolute atomic E-state index is 0.280. The van der Waals surface area contributed by atoms with Gasteiger partial charge in [0.25, 0.3) is 0 Å². The molecule has 2 nitrogen and oxygen atoms in total. The van der Waals surface area contributed by atoms with E-state index in [1.165, 1.54) is 39.1 Å². The minimum Gasteiger partial charge on any atom is -0.393 e. The van der Waals surface area contributed by atoms with Gasteiger partial charge in [0.15, 0.2) is 0 Å². The first-order valence-corrected chi connectivity index (χ1v) is 7.54. The van der Waals surface area contributed by atoms with E-state index in [-0.39, 0.29) is 6.98 Å². The molecule has 0 atom stereocenters. The third-order valence-corrected chi connectivity index (χ3v) is 4.62. The number of anilines is 2. The molecule has 0 saturated carbocycles. The monoisotopic (exact) mass is 278 g/mol. The first-order chi connectivity index (χ1) is 9.90. The summed E-state index contributed by atoms with van der Waals surface area (Å²) >= 11 is 0. The molecule has 0 bridgehead atoms. The molecule has 108 valence electrons. The summed E-state index contributed by atoms with van der Waals surface area (Å²) in [5.74, 6) is 0. The summed E-state index contributed by atoms with van der Waals surface area (Å²) in [7, 11) is 4.40. The summed E-state index contributed by atoms with van der Waals surface area (Å²) in [4.78, 5) is 4.78. The van der Waals surface area contributed by atoms with Crippen molar-refractivity contribution >= 4 is 23.8 Å². The third kappa shape index (κ3) is 2.12. The van der Waals surface area contributed by atoms with Crippen LogP contribution in [0.2, 0.25) is 0 Å². The van der Waals surface area contributed by atoms with Crippen LogP contribution in [-0.2, 0) is 0 Å². The maximum absolute atomic E-state index is 2.40. The molecule has 21 heavy (non-hydrogen) atoms. The third-order valence-electron chi connectivity index (χ3n) is 4.62. The zero-order chi connectivity index (χ0) is 15.3. The maximum Gasteiger partial charge on any atom is 0.411 e. The number of fused-ring (bicyclic) bond motifs is 1. The van der Waals surface area contributed by atoms with Crippen molar-refractivity contribution in [2.45, 2.75) is 27.7 Å². The fraction of sp³-hybridized carbons (Fsp3) is 0.333. The highest BCUT2D eigenvalue weighted by Gasteiger charge is 2.39. The molecular formula is C18H23BN2. The SMILES string of the molecule is Cc1cc(C)c(B2N(C)c3ccc(C)cc3N2C)c(C)c1. The lowest BCUT2D eigenvalue weighted by atomic mass is 9.62. The lowest BCUT2D eigenvalue weighted by molar-refractivity contribution is 1.27. The molecule has 0 saturated heterocycles. The van der Waals surface area contributed by atoms with E-state index in [4.69, 9.17) is 0 Å². The Labute approximate surface area is 128 Å². The van der Waals surface area contributed by atoms with E-state index >= 15 is 0 Å². The molecule has 2 aromatic carbocycles. The van der Waals surface area contributed by atoms with E-state index in [2.05, 4.69) is 81.7 Å². The molecular weight excluding hydrogens is 255 g/mol. The van der Waals surface area contributed by atoms with Crippen molar-refractivity contribution in [3.63, 3.8) is 0 Å². The summed E-state index contributed by atoms with van der Waals surface area (Å²) in [5.41, 5.74) is 9.47. The van der Waals surface area contributed by atoms with Gasteiger partial charge in [-0.3, -0.25) is 0 Å². The molecule has 0 N–H and O–H groups in total. The smallest absolute Gasteiger partial charge is 0.393 e. The average Bonchev–Trinajstić information content (AvgIpc) is 2.62. The fourth-order valence-electron chi connectivity index (χ4n) is 3.72. The van der Waals surface area contributed by atoms with Crippen LogP contribution in [0, 0.1) is 27.7 Å². The van der Waals surface area contributed by atoms with Gasteiger partial charge >= 0.3 is 6.98 Å². The van der Waals surface area contributed by atoms with Gasteiger partial charge in [0.1, 0.15) is 0 Å². The topological polar surface area (TPSA) is 6.48 Å². The lowest BCUT2D eigenvalue weighted by Gasteiger charge is -2.27. The van der Waals surface area contributed by atoms with Crippen LogP contribution in [0.25, 0.3) is 0 Å². The van der Waals surface area contributed by atoms with Crippen LogP contribution in [0.3, 0.4) is 0 Å². The number of rotatable bonds is 1. The summed E-state index contributed by atoms with van der Waals surface area (Å²) in [5, 5.41) is 0. The summed E-state index contributed by atoms with van der Waals surface area (Å²) in [6.07, 6.45) is 0. The largest absolute Gasteiger partial charge is 0.411 e. The van der Waals surface area contributed by atoms with Crippen LogP contribution in [0.5, 0.6) is 0 Å². The first-order valence-electron chi connectivity index (χ1n) is 7.54. The molecule has 0 radical (unpaired) electrons. The molecule has 1 aliphatic rings. The number of nitrogens with zero attached hydrogens (tertiary/aromatic N) is 2. The van der Waals surface area contributed by atoms with Gasteiger partial charge in [-0.05, 0) is 64.9 Å². The van der Waals surface area contributed by atoms with Crippen molar-refractivity contribution in [1.82, 2.24) is 0 Å².